The van der Waals surface area contributed by atoms with Gasteiger partial charge in [-0.05, 0) is 74.0 Å². The molecule has 0 spiro atoms. The van der Waals surface area contributed by atoms with Crippen LogP contribution in [-0.2, 0) is 16.4 Å². The summed E-state index contributed by atoms with van der Waals surface area (Å²) in [6.07, 6.45) is 5.40. The highest BCUT2D eigenvalue weighted by Crippen LogP contribution is 2.23. The highest BCUT2D eigenvalue weighted by atomic mass is 35.5. The number of carbonyl (C=O) groups excluding carboxylic acids is 1. The fraction of sp³-hybridized carbons (Fsp3) is 0.292. The molecule has 1 aliphatic heterocycles. The molecule has 0 saturated carbocycles. The minimum absolute atomic E-state index is 0.0285. The van der Waals surface area contributed by atoms with E-state index in [1.807, 2.05) is 0 Å². The maximum atomic E-state index is 12.5. The van der Waals surface area contributed by atoms with E-state index < -0.39 is 10.0 Å². The number of Topliss-reactive ketones (excluding diaryl/α,β-unsaturated/α-hetero) is 1. The fourth-order valence-corrected chi connectivity index (χ4v) is 5.04. The van der Waals surface area contributed by atoms with Crippen LogP contribution in [0.5, 0.6) is 5.75 Å². The summed E-state index contributed by atoms with van der Waals surface area (Å²) in [6, 6.07) is 10.5. The van der Waals surface area contributed by atoms with Crippen molar-refractivity contribution in [3.05, 3.63) is 71.0 Å². The number of sulfonamides is 1. The predicted molar refractivity (Wildman–Crippen MR) is 134 cm³/mol. The molecule has 1 aromatic heterocycles. The van der Waals surface area contributed by atoms with Gasteiger partial charge in [0, 0.05) is 43.2 Å². The minimum atomic E-state index is -3.58. The molecule has 3 aromatic rings. The lowest BCUT2D eigenvalue weighted by Gasteiger charge is -2.15. The van der Waals surface area contributed by atoms with Crippen molar-refractivity contribution in [2.75, 3.05) is 31.5 Å². The second kappa shape index (κ2) is 11.1. The number of aromatic nitrogens is 2. The summed E-state index contributed by atoms with van der Waals surface area (Å²) in [7, 11) is -3.58. The van der Waals surface area contributed by atoms with E-state index in [1.165, 1.54) is 55.6 Å². The van der Waals surface area contributed by atoms with Crippen LogP contribution in [0.15, 0.2) is 59.8 Å². The second-order valence-electron chi connectivity index (χ2n) is 8.27. The average Bonchev–Trinajstić information content (AvgIpc) is 3.36. The third-order valence-corrected chi connectivity index (χ3v) is 7.47. The van der Waals surface area contributed by atoms with Crippen LogP contribution in [0.1, 0.15) is 28.8 Å². The van der Waals surface area contributed by atoms with Gasteiger partial charge < -0.3 is 15.3 Å². The van der Waals surface area contributed by atoms with Crippen LogP contribution in [0.25, 0.3) is 0 Å². The molecule has 2 heterocycles. The van der Waals surface area contributed by atoms with Gasteiger partial charge in [0.15, 0.2) is 5.78 Å². The number of phenols is 1. The number of phenolic OH excluding ortho intramolecular Hbond substituents is 1. The van der Waals surface area contributed by atoms with Crippen molar-refractivity contribution in [1.82, 2.24) is 19.6 Å². The van der Waals surface area contributed by atoms with Crippen LogP contribution in [0, 0.1) is 0 Å². The summed E-state index contributed by atoms with van der Waals surface area (Å²) in [6.45, 7) is 3.13. The molecule has 0 atom stereocenters. The summed E-state index contributed by atoms with van der Waals surface area (Å²) in [5, 5.41) is 12.9. The fourth-order valence-electron chi connectivity index (χ4n) is 3.79. The normalized spacial score (nSPS) is 14.2. The second-order valence-corrected chi connectivity index (χ2v) is 10.4. The molecular formula is C24H26ClN5O4S. The van der Waals surface area contributed by atoms with Gasteiger partial charge in [-0.2, -0.15) is 0 Å². The Hall–Kier alpha value is -3.05. The number of halogens is 1. The summed E-state index contributed by atoms with van der Waals surface area (Å²) in [5.74, 6) is 0.00204. The van der Waals surface area contributed by atoms with Crippen LogP contribution in [0.2, 0.25) is 5.02 Å². The van der Waals surface area contributed by atoms with Gasteiger partial charge in [-0.1, -0.05) is 11.6 Å². The standard InChI is InChI=1S/C24H26ClN5O4S/c25-22-8-5-19(31)14-21(22)23(32)13-17-15-26-24(27-16-17)29-18-3-6-20(7-4-18)35(33,34)28-9-12-30-10-1-2-11-30/h3-8,14-16,28,31H,1-2,9-13H2,(H,26,27,29). The van der Waals surface area contributed by atoms with E-state index in [0.717, 1.165) is 13.1 Å². The van der Waals surface area contributed by atoms with Crippen LogP contribution in [0.3, 0.4) is 0 Å². The number of anilines is 2. The lowest BCUT2D eigenvalue weighted by Crippen LogP contribution is -2.33. The molecule has 0 radical (unpaired) electrons. The predicted octanol–water partition coefficient (Wildman–Crippen LogP) is 3.38. The third-order valence-electron chi connectivity index (χ3n) is 5.66. The summed E-state index contributed by atoms with van der Waals surface area (Å²) < 4.78 is 27.7. The van der Waals surface area contributed by atoms with Gasteiger partial charge in [0.1, 0.15) is 5.75 Å². The number of hydrogen-bond donors (Lipinski definition) is 3. The number of benzene rings is 2. The Morgan fingerprint density at radius 1 is 1.06 bits per heavy atom. The molecule has 9 nitrogen and oxygen atoms in total. The quantitative estimate of drug-likeness (QED) is 0.351. The highest BCUT2D eigenvalue weighted by Gasteiger charge is 2.16. The van der Waals surface area contributed by atoms with Crippen LogP contribution in [0.4, 0.5) is 11.6 Å². The zero-order valence-corrected chi connectivity index (χ0v) is 20.5. The van der Waals surface area contributed by atoms with Gasteiger partial charge in [0.05, 0.1) is 9.92 Å². The minimum Gasteiger partial charge on any atom is -0.508 e. The molecule has 1 saturated heterocycles. The first-order valence-electron chi connectivity index (χ1n) is 11.2. The molecule has 0 unspecified atom stereocenters. The molecule has 11 heteroatoms. The van der Waals surface area contributed by atoms with Gasteiger partial charge in [0.2, 0.25) is 16.0 Å². The third kappa shape index (κ3) is 6.76. The molecule has 0 amide bonds. The lowest BCUT2D eigenvalue weighted by atomic mass is 10.0. The summed E-state index contributed by atoms with van der Waals surface area (Å²) >= 11 is 6.05. The Kier molecular flexibility index (Phi) is 7.97. The number of carbonyl (C=O) groups is 1. The van der Waals surface area contributed by atoms with Gasteiger partial charge in [0.25, 0.3) is 0 Å². The first-order valence-corrected chi connectivity index (χ1v) is 13.1. The Morgan fingerprint density at radius 2 is 1.74 bits per heavy atom. The summed E-state index contributed by atoms with van der Waals surface area (Å²) in [5.41, 5.74) is 1.44. The van der Waals surface area contributed by atoms with E-state index in [0.29, 0.717) is 30.3 Å². The number of aromatic hydroxyl groups is 1. The van der Waals surface area contributed by atoms with E-state index in [2.05, 4.69) is 24.9 Å². The van der Waals surface area contributed by atoms with Crippen molar-refractivity contribution in [2.24, 2.45) is 0 Å². The highest BCUT2D eigenvalue weighted by molar-refractivity contribution is 7.89. The Balaban J connectivity index is 1.32. The molecule has 184 valence electrons. The zero-order chi connectivity index (χ0) is 24.8. The molecule has 2 aromatic carbocycles. The maximum Gasteiger partial charge on any atom is 0.240 e. The molecule has 0 bridgehead atoms. The van der Waals surface area contributed by atoms with E-state index in [9.17, 15) is 18.3 Å². The van der Waals surface area contributed by atoms with Crippen LogP contribution >= 0.6 is 11.6 Å². The smallest absolute Gasteiger partial charge is 0.240 e. The van der Waals surface area contributed by atoms with Crippen LogP contribution in [-0.4, -0.2) is 60.4 Å². The molecule has 1 fully saturated rings. The van der Waals surface area contributed by atoms with Crippen molar-refractivity contribution in [3.8, 4) is 5.75 Å². The Bertz CT molecular complexity index is 1280. The van der Waals surface area contributed by atoms with Crippen molar-refractivity contribution < 1.29 is 18.3 Å². The van der Waals surface area contributed by atoms with Gasteiger partial charge >= 0.3 is 0 Å². The van der Waals surface area contributed by atoms with E-state index in [-0.39, 0.29) is 33.4 Å². The van der Waals surface area contributed by atoms with E-state index >= 15 is 0 Å². The zero-order valence-electron chi connectivity index (χ0n) is 18.9. The largest absolute Gasteiger partial charge is 0.508 e. The number of rotatable bonds is 10. The maximum absolute atomic E-state index is 12.5. The first kappa shape index (κ1) is 25.1. The molecule has 4 rings (SSSR count). The Labute approximate surface area is 209 Å². The van der Waals surface area contributed by atoms with Gasteiger partial charge in [-0.15, -0.1) is 0 Å². The monoisotopic (exact) mass is 515 g/mol. The first-order chi connectivity index (χ1) is 16.8. The van der Waals surface area contributed by atoms with Gasteiger partial charge in [-0.25, -0.2) is 23.1 Å². The number of nitrogens with zero attached hydrogens (tertiary/aromatic N) is 3. The molecule has 1 aliphatic rings. The van der Waals surface area contributed by atoms with Crippen molar-refractivity contribution in [1.29, 1.82) is 0 Å². The number of hydrogen-bond acceptors (Lipinski definition) is 8. The topological polar surface area (TPSA) is 125 Å². The summed E-state index contributed by atoms with van der Waals surface area (Å²) in [4.78, 5) is 23.4. The average molecular weight is 516 g/mol. The molecule has 3 N–H and O–H groups in total. The number of ketones is 1. The Morgan fingerprint density at radius 3 is 2.43 bits per heavy atom. The van der Waals surface area contributed by atoms with Crippen molar-refractivity contribution in [3.63, 3.8) is 0 Å². The SMILES string of the molecule is O=C(Cc1cnc(Nc2ccc(S(=O)(=O)NCCN3CCCC3)cc2)nc1)c1cc(O)ccc1Cl. The van der Waals surface area contributed by atoms with Crippen LogP contribution < -0.4 is 10.0 Å². The number of likely N-dealkylation sites (tertiary alicyclic amines) is 1. The van der Waals surface area contributed by atoms with Crippen molar-refractivity contribution in [2.45, 2.75) is 24.2 Å². The van der Waals surface area contributed by atoms with Crippen molar-refractivity contribution >= 4 is 39.0 Å². The van der Waals surface area contributed by atoms with E-state index in [1.54, 1.807) is 12.1 Å². The van der Waals surface area contributed by atoms with Gasteiger partial charge in [-0.3, -0.25) is 4.79 Å². The molecular weight excluding hydrogens is 490 g/mol. The molecule has 35 heavy (non-hydrogen) atoms. The van der Waals surface area contributed by atoms with E-state index in [4.69, 9.17) is 11.6 Å². The molecule has 0 aliphatic carbocycles. The number of nitrogens with one attached hydrogen (secondary N) is 2. The lowest BCUT2D eigenvalue weighted by molar-refractivity contribution is 0.0992.